The first-order chi connectivity index (χ1) is 4.39. The third kappa shape index (κ3) is 2.70. The lowest BCUT2D eigenvalue weighted by molar-refractivity contribution is 0.224. The third-order valence-corrected chi connectivity index (χ3v) is 1.91. The van der Waals surface area contributed by atoms with Crippen molar-refractivity contribution in [2.75, 3.05) is 7.05 Å². The van der Waals surface area contributed by atoms with Gasteiger partial charge in [-0.3, -0.25) is 0 Å². The number of rotatable bonds is 2. The molecule has 0 bridgehead atoms. The van der Waals surface area contributed by atoms with E-state index in [0.717, 1.165) is 0 Å². The van der Waals surface area contributed by atoms with Crippen LogP contribution in [0.1, 0.15) is 36.0 Å². The van der Waals surface area contributed by atoms with Crippen molar-refractivity contribution < 1.29 is 1.43 Å². The minimum atomic E-state index is 0. The summed E-state index contributed by atoms with van der Waals surface area (Å²) < 4.78 is 0. The largest absolute Gasteiger partial charge is 0.316 e. The highest BCUT2D eigenvalue weighted by molar-refractivity contribution is 4.81. The highest BCUT2D eigenvalue weighted by atomic mass is 14.9. The van der Waals surface area contributed by atoms with Crippen molar-refractivity contribution >= 4 is 0 Å². The Bertz CT molecular complexity index is 94.2. The molecule has 1 N–H and O–H groups in total. The molecule has 64 valence electrons. The monoisotopic (exact) mass is 145 g/mol. The summed E-state index contributed by atoms with van der Waals surface area (Å²) in [4.78, 5) is 0. The van der Waals surface area contributed by atoms with Gasteiger partial charge in [-0.15, -0.1) is 0 Å². The molecule has 1 atom stereocenters. The maximum Gasteiger partial charge on any atom is 0.0136 e. The van der Waals surface area contributed by atoms with Gasteiger partial charge in [-0.05, 0) is 18.4 Å². The van der Waals surface area contributed by atoms with Crippen LogP contribution in [0.4, 0.5) is 0 Å². The number of hydrogen-bond acceptors (Lipinski definition) is 1. The van der Waals surface area contributed by atoms with Crippen molar-refractivity contribution in [2.24, 2.45) is 11.3 Å². The molecule has 0 saturated heterocycles. The number of nitrogens with one attached hydrogen (secondary N) is 1. The zero-order valence-electron chi connectivity index (χ0n) is 8.15. The molecule has 0 aromatic carbocycles. The summed E-state index contributed by atoms with van der Waals surface area (Å²) in [5, 5.41) is 3.34. The average molecular weight is 145 g/mol. The Morgan fingerprint density at radius 2 is 1.60 bits per heavy atom. The quantitative estimate of drug-likeness (QED) is 0.629. The van der Waals surface area contributed by atoms with Crippen molar-refractivity contribution in [3.63, 3.8) is 0 Å². The van der Waals surface area contributed by atoms with Gasteiger partial charge in [0.25, 0.3) is 0 Å². The van der Waals surface area contributed by atoms with E-state index in [0.29, 0.717) is 17.4 Å². The van der Waals surface area contributed by atoms with Crippen molar-refractivity contribution in [1.29, 1.82) is 0 Å². The lowest BCUT2D eigenvalue weighted by atomic mass is 9.80. The molecule has 0 aliphatic rings. The Morgan fingerprint density at radius 1 is 1.20 bits per heavy atom. The second-order valence-electron chi connectivity index (χ2n) is 4.38. The van der Waals surface area contributed by atoms with Crippen LogP contribution >= 0.6 is 0 Å². The molecule has 0 fully saturated rings. The molecule has 0 rings (SSSR count). The maximum atomic E-state index is 3.34. The molecule has 0 amide bonds. The zero-order chi connectivity index (χ0) is 8.36. The summed E-state index contributed by atoms with van der Waals surface area (Å²) in [7, 11) is 2.04. The fraction of sp³-hybridized carbons (Fsp3) is 1.00. The summed E-state index contributed by atoms with van der Waals surface area (Å²) in [6.45, 7) is 11.3. The first-order valence-electron chi connectivity index (χ1n) is 4.07. The van der Waals surface area contributed by atoms with Crippen LogP contribution in [0.2, 0.25) is 0 Å². The molecule has 0 spiro atoms. The summed E-state index contributed by atoms with van der Waals surface area (Å²) >= 11 is 0. The van der Waals surface area contributed by atoms with Crippen molar-refractivity contribution in [3.8, 4) is 0 Å². The zero-order valence-corrected chi connectivity index (χ0v) is 8.15. The van der Waals surface area contributed by atoms with E-state index in [1.54, 1.807) is 0 Å². The van der Waals surface area contributed by atoms with Gasteiger partial charge in [0.15, 0.2) is 0 Å². The van der Waals surface area contributed by atoms with Crippen molar-refractivity contribution in [2.45, 2.75) is 40.7 Å². The molecule has 0 aromatic heterocycles. The predicted octanol–water partition coefficient (Wildman–Crippen LogP) is 2.52. The molecule has 10 heavy (non-hydrogen) atoms. The highest BCUT2D eigenvalue weighted by Gasteiger charge is 2.25. The first kappa shape index (κ1) is 9.96. The molecule has 0 aromatic rings. The van der Waals surface area contributed by atoms with Gasteiger partial charge < -0.3 is 5.32 Å². The van der Waals surface area contributed by atoms with Gasteiger partial charge in [0.1, 0.15) is 0 Å². The first-order valence-corrected chi connectivity index (χ1v) is 4.07. The standard InChI is InChI=1S/C9H21N.H2/c1-7(2)8(10-6)9(3,4)5;/h7-8,10H,1-6H3;1H/t8-;/m1./s1. The summed E-state index contributed by atoms with van der Waals surface area (Å²) in [6, 6.07) is 0.618. The molecule has 1 nitrogen and oxygen atoms in total. The molecule has 0 heterocycles. The molecular formula is C9H23N. The lowest BCUT2D eigenvalue weighted by Crippen LogP contribution is -2.42. The van der Waals surface area contributed by atoms with E-state index in [1.807, 2.05) is 7.05 Å². The molecule has 0 saturated carbocycles. The van der Waals surface area contributed by atoms with Gasteiger partial charge in [0, 0.05) is 7.47 Å². The van der Waals surface area contributed by atoms with E-state index in [2.05, 4.69) is 39.9 Å². The Morgan fingerprint density at radius 3 is 1.60 bits per heavy atom. The molecule has 0 radical (unpaired) electrons. The minimum absolute atomic E-state index is 0. The third-order valence-electron chi connectivity index (χ3n) is 1.91. The second kappa shape index (κ2) is 3.38. The van der Waals surface area contributed by atoms with Crippen molar-refractivity contribution in [1.82, 2.24) is 5.32 Å². The summed E-state index contributed by atoms with van der Waals surface area (Å²) in [5.74, 6) is 0.713. The van der Waals surface area contributed by atoms with E-state index in [9.17, 15) is 0 Å². The normalized spacial score (nSPS) is 15.9. The van der Waals surface area contributed by atoms with Crippen LogP contribution in [0, 0.1) is 11.3 Å². The van der Waals surface area contributed by atoms with Gasteiger partial charge in [0.05, 0.1) is 0 Å². The van der Waals surface area contributed by atoms with E-state index >= 15 is 0 Å². The fourth-order valence-electron chi connectivity index (χ4n) is 1.77. The minimum Gasteiger partial charge on any atom is -0.316 e. The van der Waals surface area contributed by atoms with Crippen LogP contribution < -0.4 is 5.32 Å². The van der Waals surface area contributed by atoms with Crippen LogP contribution in [0.5, 0.6) is 0 Å². The topological polar surface area (TPSA) is 12.0 Å². The van der Waals surface area contributed by atoms with Crippen LogP contribution in [0.3, 0.4) is 0 Å². The summed E-state index contributed by atoms with van der Waals surface area (Å²) in [5.41, 5.74) is 0.378. The fourth-order valence-corrected chi connectivity index (χ4v) is 1.77. The Hall–Kier alpha value is -0.0400. The van der Waals surface area contributed by atoms with E-state index in [4.69, 9.17) is 0 Å². The SMILES string of the molecule is CN[C@H](C(C)C)C(C)(C)C.[HH]. The second-order valence-corrected chi connectivity index (χ2v) is 4.38. The molecule has 0 aliphatic heterocycles. The van der Waals surface area contributed by atoms with Gasteiger partial charge in [-0.1, -0.05) is 34.6 Å². The van der Waals surface area contributed by atoms with Crippen LogP contribution in [0.15, 0.2) is 0 Å². The Balaban J connectivity index is 0. The Labute approximate surface area is 66.7 Å². The highest BCUT2D eigenvalue weighted by Crippen LogP contribution is 2.24. The lowest BCUT2D eigenvalue weighted by Gasteiger charge is -2.33. The van der Waals surface area contributed by atoms with Gasteiger partial charge >= 0.3 is 0 Å². The van der Waals surface area contributed by atoms with Gasteiger partial charge in [0.2, 0.25) is 0 Å². The van der Waals surface area contributed by atoms with Gasteiger partial charge in [-0.25, -0.2) is 0 Å². The predicted molar refractivity (Wildman–Crippen MR) is 49.3 cm³/mol. The van der Waals surface area contributed by atoms with E-state index in [1.165, 1.54) is 0 Å². The van der Waals surface area contributed by atoms with Crippen molar-refractivity contribution in [3.05, 3.63) is 0 Å². The van der Waals surface area contributed by atoms with Crippen LogP contribution in [-0.2, 0) is 0 Å². The molecule has 1 heteroatoms. The molecular weight excluding hydrogens is 122 g/mol. The average Bonchev–Trinajstić information content (AvgIpc) is 1.60. The number of hydrogen-bond donors (Lipinski definition) is 1. The van der Waals surface area contributed by atoms with Crippen LogP contribution in [0.25, 0.3) is 0 Å². The Kier molecular flexibility index (Phi) is 3.37. The van der Waals surface area contributed by atoms with Crippen LogP contribution in [-0.4, -0.2) is 13.1 Å². The van der Waals surface area contributed by atoms with E-state index in [-0.39, 0.29) is 1.43 Å². The summed E-state index contributed by atoms with van der Waals surface area (Å²) in [6.07, 6.45) is 0. The molecule has 0 aliphatic carbocycles. The maximum absolute atomic E-state index is 3.34. The smallest absolute Gasteiger partial charge is 0.0136 e. The van der Waals surface area contributed by atoms with E-state index < -0.39 is 0 Å². The van der Waals surface area contributed by atoms with Gasteiger partial charge in [-0.2, -0.15) is 0 Å². The molecule has 0 unspecified atom stereocenters.